The predicted molar refractivity (Wildman–Crippen MR) is 106 cm³/mol. The first-order valence-corrected chi connectivity index (χ1v) is 10.2. The molecule has 0 radical (unpaired) electrons. The maximum absolute atomic E-state index is 5.98. The average Bonchev–Trinajstić information content (AvgIpc) is 3.44. The minimum Gasteiger partial charge on any atom is -0.376 e. The van der Waals surface area contributed by atoms with Crippen molar-refractivity contribution >= 4 is 5.95 Å². The molecule has 1 saturated carbocycles. The largest absolute Gasteiger partial charge is 0.376 e. The molecule has 0 bridgehead atoms. The normalized spacial score (nSPS) is 24.9. The van der Waals surface area contributed by atoms with E-state index in [-0.39, 0.29) is 5.41 Å². The number of likely N-dealkylation sites (tertiary alicyclic amines) is 1. The van der Waals surface area contributed by atoms with Gasteiger partial charge in [0.1, 0.15) is 0 Å². The summed E-state index contributed by atoms with van der Waals surface area (Å²) in [7, 11) is 0. The van der Waals surface area contributed by atoms with Gasteiger partial charge in [0.25, 0.3) is 0 Å². The van der Waals surface area contributed by atoms with E-state index >= 15 is 0 Å². The van der Waals surface area contributed by atoms with Crippen LogP contribution in [0.5, 0.6) is 0 Å². The molecule has 27 heavy (non-hydrogen) atoms. The van der Waals surface area contributed by atoms with E-state index in [1.807, 2.05) is 6.20 Å². The molecule has 2 aliphatic heterocycles. The van der Waals surface area contributed by atoms with Crippen LogP contribution in [0, 0.1) is 12.8 Å². The highest BCUT2D eigenvalue weighted by molar-refractivity contribution is 5.37. The van der Waals surface area contributed by atoms with E-state index < -0.39 is 0 Å². The molecule has 2 fully saturated rings. The Morgan fingerprint density at radius 2 is 2.19 bits per heavy atom. The topological polar surface area (TPSA) is 50.3 Å². The van der Waals surface area contributed by atoms with Crippen molar-refractivity contribution < 1.29 is 4.74 Å². The predicted octanol–water partition coefficient (Wildman–Crippen LogP) is 3.28. The van der Waals surface area contributed by atoms with Gasteiger partial charge in [0.15, 0.2) is 0 Å². The highest BCUT2D eigenvalue weighted by atomic mass is 16.5. The third-order valence-electron chi connectivity index (χ3n) is 6.34. The molecule has 1 aromatic heterocycles. The highest BCUT2D eigenvalue weighted by Gasteiger charge is 2.45. The number of aryl methyl sites for hydroxylation is 1. The number of rotatable bonds is 5. The van der Waals surface area contributed by atoms with Crippen LogP contribution in [-0.2, 0) is 23.3 Å². The van der Waals surface area contributed by atoms with Crippen LogP contribution in [0.25, 0.3) is 0 Å². The SMILES string of the molecule is Cc1ccccc1CN1CC[C@@]2(COCc3cnc(NCC4CC4)nc32)C1. The lowest BCUT2D eigenvalue weighted by Crippen LogP contribution is -2.40. The second-order valence-corrected chi connectivity index (χ2v) is 8.55. The van der Waals surface area contributed by atoms with Crippen LogP contribution in [0.2, 0.25) is 0 Å². The quantitative estimate of drug-likeness (QED) is 0.882. The molecular formula is C22H28N4O. The molecule has 2 aromatic rings. The smallest absolute Gasteiger partial charge is 0.222 e. The maximum atomic E-state index is 5.98. The summed E-state index contributed by atoms with van der Waals surface area (Å²) in [5, 5.41) is 3.44. The van der Waals surface area contributed by atoms with Crippen LogP contribution in [0.4, 0.5) is 5.95 Å². The Hall–Kier alpha value is -1.98. The summed E-state index contributed by atoms with van der Waals surface area (Å²) in [4.78, 5) is 12.1. The highest BCUT2D eigenvalue weighted by Crippen LogP contribution is 2.40. The van der Waals surface area contributed by atoms with Crippen LogP contribution < -0.4 is 5.32 Å². The van der Waals surface area contributed by atoms with Crippen molar-refractivity contribution in [1.29, 1.82) is 0 Å². The molecule has 0 unspecified atom stereocenters. The summed E-state index contributed by atoms with van der Waals surface area (Å²) in [6.07, 6.45) is 5.75. The van der Waals surface area contributed by atoms with Crippen molar-refractivity contribution in [3.8, 4) is 0 Å². The molecule has 1 spiro atoms. The third kappa shape index (κ3) is 3.46. The molecule has 5 nitrogen and oxygen atoms in total. The van der Waals surface area contributed by atoms with Gasteiger partial charge in [0, 0.05) is 31.4 Å². The van der Waals surface area contributed by atoms with Crippen LogP contribution in [0.1, 0.15) is 41.6 Å². The van der Waals surface area contributed by atoms with Gasteiger partial charge in [-0.15, -0.1) is 0 Å². The lowest BCUT2D eigenvalue weighted by atomic mass is 9.80. The summed E-state index contributed by atoms with van der Waals surface area (Å²) in [6.45, 7) is 7.70. The Kier molecular flexibility index (Phi) is 4.37. The number of ether oxygens (including phenoxy) is 1. The standard InChI is InChI=1S/C22H28N4O/c1-16-4-2-3-5-18(16)12-26-9-8-22(14-26)15-27-13-19-11-24-21(25-20(19)22)23-10-17-6-7-17/h2-5,11,17H,6-10,12-15H2,1H3,(H,23,24,25)/t22-/m0/s1. The lowest BCUT2D eigenvalue weighted by Gasteiger charge is -2.34. The molecule has 1 atom stereocenters. The lowest BCUT2D eigenvalue weighted by molar-refractivity contribution is 0.0503. The van der Waals surface area contributed by atoms with Crippen LogP contribution in [0.15, 0.2) is 30.5 Å². The first-order chi connectivity index (χ1) is 13.2. The molecule has 1 aromatic carbocycles. The van der Waals surface area contributed by atoms with Crippen molar-refractivity contribution in [2.24, 2.45) is 5.92 Å². The van der Waals surface area contributed by atoms with E-state index in [9.17, 15) is 0 Å². The molecule has 142 valence electrons. The van der Waals surface area contributed by atoms with Gasteiger partial charge in [-0.3, -0.25) is 4.90 Å². The van der Waals surface area contributed by atoms with Crippen LogP contribution in [-0.4, -0.2) is 41.1 Å². The van der Waals surface area contributed by atoms with E-state index in [1.54, 1.807) is 0 Å². The first-order valence-electron chi connectivity index (χ1n) is 10.2. The van der Waals surface area contributed by atoms with Gasteiger partial charge < -0.3 is 10.1 Å². The average molecular weight is 364 g/mol. The summed E-state index contributed by atoms with van der Waals surface area (Å²) in [5.41, 5.74) is 5.17. The Morgan fingerprint density at radius 3 is 3.04 bits per heavy atom. The fraction of sp³-hybridized carbons (Fsp3) is 0.545. The Bertz CT molecular complexity index is 835. The zero-order chi connectivity index (χ0) is 18.3. The zero-order valence-corrected chi connectivity index (χ0v) is 16.1. The summed E-state index contributed by atoms with van der Waals surface area (Å²) < 4.78 is 5.98. The van der Waals surface area contributed by atoms with Gasteiger partial charge in [0.2, 0.25) is 5.95 Å². The van der Waals surface area contributed by atoms with Crippen molar-refractivity contribution in [1.82, 2.24) is 14.9 Å². The minimum atomic E-state index is 0.00915. The summed E-state index contributed by atoms with van der Waals surface area (Å²) >= 11 is 0. The van der Waals surface area contributed by atoms with E-state index in [1.165, 1.54) is 29.7 Å². The Balaban J connectivity index is 1.36. The summed E-state index contributed by atoms with van der Waals surface area (Å²) in [6, 6.07) is 8.69. The minimum absolute atomic E-state index is 0.00915. The fourth-order valence-corrected chi connectivity index (χ4v) is 4.47. The molecule has 0 amide bonds. The number of anilines is 1. The molecule has 3 aliphatic rings. The molecule has 1 N–H and O–H groups in total. The number of fused-ring (bicyclic) bond motifs is 2. The van der Waals surface area contributed by atoms with Crippen molar-refractivity contribution in [2.45, 2.75) is 44.8 Å². The van der Waals surface area contributed by atoms with E-state index in [4.69, 9.17) is 9.72 Å². The summed E-state index contributed by atoms with van der Waals surface area (Å²) in [5.74, 6) is 1.61. The molecule has 3 heterocycles. The van der Waals surface area contributed by atoms with Gasteiger partial charge in [0.05, 0.1) is 24.3 Å². The third-order valence-corrected chi connectivity index (χ3v) is 6.34. The number of hydrogen-bond acceptors (Lipinski definition) is 5. The monoisotopic (exact) mass is 364 g/mol. The van der Waals surface area contributed by atoms with E-state index in [0.717, 1.165) is 56.6 Å². The van der Waals surface area contributed by atoms with Crippen molar-refractivity contribution in [3.05, 3.63) is 52.8 Å². The Labute approximate surface area is 161 Å². The van der Waals surface area contributed by atoms with Gasteiger partial charge in [-0.25, -0.2) is 9.97 Å². The van der Waals surface area contributed by atoms with E-state index in [2.05, 4.69) is 46.4 Å². The molecule has 1 saturated heterocycles. The van der Waals surface area contributed by atoms with Crippen LogP contribution in [0.3, 0.4) is 0 Å². The molecule has 5 heteroatoms. The fourth-order valence-electron chi connectivity index (χ4n) is 4.47. The number of aromatic nitrogens is 2. The van der Waals surface area contributed by atoms with Gasteiger partial charge in [-0.2, -0.15) is 0 Å². The van der Waals surface area contributed by atoms with Crippen LogP contribution >= 0.6 is 0 Å². The first kappa shape index (κ1) is 17.1. The van der Waals surface area contributed by atoms with Gasteiger partial charge in [-0.05, 0) is 49.8 Å². The number of hydrogen-bond donors (Lipinski definition) is 1. The molecule has 1 aliphatic carbocycles. The number of nitrogens with zero attached hydrogens (tertiary/aromatic N) is 3. The van der Waals surface area contributed by atoms with E-state index in [0.29, 0.717) is 6.61 Å². The Morgan fingerprint density at radius 1 is 1.30 bits per heavy atom. The molecule has 5 rings (SSSR count). The number of nitrogens with one attached hydrogen (secondary N) is 1. The maximum Gasteiger partial charge on any atom is 0.222 e. The zero-order valence-electron chi connectivity index (χ0n) is 16.1. The molecular weight excluding hydrogens is 336 g/mol. The second kappa shape index (κ2) is 6.88. The van der Waals surface area contributed by atoms with Gasteiger partial charge in [-0.1, -0.05) is 24.3 Å². The van der Waals surface area contributed by atoms with Crippen molar-refractivity contribution in [3.63, 3.8) is 0 Å². The van der Waals surface area contributed by atoms with Gasteiger partial charge >= 0.3 is 0 Å². The number of benzene rings is 1. The van der Waals surface area contributed by atoms with Crippen molar-refractivity contribution in [2.75, 3.05) is 31.6 Å². The second-order valence-electron chi connectivity index (χ2n) is 8.55.